The zero-order valence-electron chi connectivity index (χ0n) is 14.2. The minimum Gasteiger partial charge on any atom is -0.289 e. The average molecular weight is 344 g/mol. The Hall–Kier alpha value is -2.58. The third-order valence-corrected chi connectivity index (χ3v) is 4.79. The van der Waals surface area contributed by atoms with Crippen molar-refractivity contribution >= 4 is 23.6 Å². The van der Waals surface area contributed by atoms with Crippen molar-refractivity contribution in [3.8, 4) is 11.1 Å². The molecule has 25 heavy (non-hydrogen) atoms. The molecule has 0 heterocycles. The molecule has 0 aromatic heterocycles. The molecule has 1 nitrogen and oxygen atoms in total. The van der Waals surface area contributed by atoms with Crippen molar-refractivity contribution < 1.29 is 4.79 Å². The van der Waals surface area contributed by atoms with E-state index in [1.165, 1.54) is 16.0 Å². The third kappa shape index (κ3) is 4.71. The van der Waals surface area contributed by atoms with Gasteiger partial charge in [-0.2, -0.15) is 0 Å². The van der Waals surface area contributed by atoms with E-state index in [2.05, 4.69) is 31.2 Å². The van der Waals surface area contributed by atoms with Crippen molar-refractivity contribution in [1.82, 2.24) is 0 Å². The first-order valence-corrected chi connectivity index (χ1v) is 9.35. The van der Waals surface area contributed by atoms with Crippen molar-refractivity contribution in [3.63, 3.8) is 0 Å². The number of benzene rings is 3. The number of allylic oxidation sites excluding steroid dienone is 1. The molecule has 0 atom stereocenters. The number of carbonyl (C=O) groups excluding carboxylic acids is 1. The second-order valence-electron chi connectivity index (χ2n) is 5.64. The zero-order valence-corrected chi connectivity index (χ0v) is 15.0. The summed E-state index contributed by atoms with van der Waals surface area (Å²) in [6.45, 7) is 2.12. The number of rotatable bonds is 6. The van der Waals surface area contributed by atoms with Crippen LogP contribution >= 0.6 is 11.8 Å². The fraction of sp³-hybridized carbons (Fsp3) is 0.0870. The molecule has 0 N–H and O–H groups in total. The summed E-state index contributed by atoms with van der Waals surface area (Å²) >= 11 is 1.78. The van der Waals surface area contributed by atoms with Gasteiger partial charge in [0.1, 0.15) is 0 Å². The van der Waals surface area contributed by atoms with Gasteiger partial charge in [0.2, 0.25) is 0 Å². The maximum Gasteiger partial charge on any atom is 0.185 e. The molecular weight excluding hydrogens is 324 g/mol. The van der Waals surface area contributed by atoms with Gasteiger partial charge in [-0.05, 0) is 52.8 Å². The van der Waals surface area contributed by atoms with Crippen LogP contribution in [0.4, 0.5) is 0 Å². The Morgan fingerprint density at radius 3 is 2.12 bits per heavy atom. The summed E-state index contributed by atoms with van der Waals surface area (Å²) in [4.78, 5) is 13.5. The quantitative estimate of drug-likeness (QED) is 0.294. The Balaban J connectivity index is 1.68. The van der Waals surface area contributed by atoms with E-state index in [9.17, 15) is 4.79 Å². The van der Waals surface area contributed by atoms with Crippen molar-refractivity contribution in [2.75, 3.05) is 5.75 Å². The van der Waals surface area contributed by atoms with Crippen LogP contribution in [0.2, 0.25) is 0 Å². The topological polar surface area (TPSA) is 17.1 Å². The molecule has 2 heteroatoms. The first-order valence-electron chi connectivity index (χ1n) is 8.37. The van der Waals surface area contributed by atoms with E-state index in [0.717, 1.165) is 16.9 Å². The van der Waals surface area contributed by atoms with Gasteiger partial charge < -0.3 is 0 Å². The molecule has 0 aliphatic carbocycles. The Morgan fingerprint density at radius 1 is 0.840 bits per heavy atom. The van der Waals surface area contributed by atoms with Crippen LogP contribution in [0.5, 0.6) is 0 Å². The van der Waals surface area contributed by atoms with Gasteiger partial charge in [-0.1, -0.05) is 67.6 Å². The molecule has 0 saturated carbocycles. The number of thioether (sulfide) groups is 1. The van der Waals surface area contributed by atoms with Crippen LogP contribution in [0, 0.1) is 0 Å². The molecule has 3 aromatic rings. The molecule has 0 aliphatic heterocycles. The lowest BCUT2D eigenvalue weighted by Gasteiger charge is -2.02. The van der Waals surface area contributed by atoms with Crippen LogP contribution in [0.1, 0.15) is 22.8 Å². The zero-order chi connectivity index (χ0) is 17.5. The van der Waals surface area contributed by atoms with E-state index in [1.54, 1.807) is 17.8 Å². The smallest absolute Gasteiger partial charge is 0.185 e. The van der Waals surface area contributed by atoms with E-state index in [0.29, 0.717) is 0 Å². The van der Waals surface area contributed by atoms with E-state index >= 15 is 0 Å². The lowest BCUT2D eigenvalue weighted by molar-refractivity contribution is 0.104. The molecule has 0 saturated heterocycles. The summed E-state index contributed by atoms with van der Waals surface area (Å²) in [7, 11) is 0. The normalized spacial score (nSPS) is 10.9. The predicted molar refractivity (Wildman–Crippen MR) is 108 cm³/mol. The van der Waals surface area contributed by atoms with Crippen LogP contribution < -0.4 is 0 Å². The van der Waals surface area contributed by atoms with Crippen molar-refractivity contribution in [3.05, 3.63) is 96.1 Å². The summed E-state index contributed by atoms with van der Waals surface area (Å²) in [6.07, 6.45) is 3.51. The number of hydrogen-bond acceptors (Lipinski definition) is 2. The third-order valence-electron chi connectivity index (χ3n) is 3.89. The molecule has 3 aromatic carbocycles. The number of ketones is 1. The minimum absolute atomic E-state index is 0.0279. The van der Waals surface area contributed by atoms with Gasteiger partial charge in [-0.3, -0.25) is 4.79 Å². The van der Waals surface area contributed by atoms with E-state index in [4.69, 9.17) is 0 Å². The fourth-order valence-electron chi connectivity index (χ4n) is 2.57. The highest BCUT2D eigenvalue weighted by molar-refractivity contribution is 7.99. The maximum atomic E-state index is 12.3. The molecule has 0 unspecified atom stereocenters. The molecular formula is C23H20OS. The van der Waals surface area contributed by atoms with Crippen LogP contribution in [0.25, 0.3) is 17.2 Å². The van der Waals surface area contributed by atoms with Crippen LogP contribution in [0.15, 0.2) is 89.8 Å². The first kappa shape index (κ1) is 17.2. The van der Waals surface area contributed by atoms with Crippen molar-refractivity contribution in [1.29, 1.82) is 0 Å². The summed E-state index contributed by atoms with van der Waals surface area (Å²) in [5, 5.41) is 0. The second kappa shape index (κ2) is 8.50. The summed E-state index contributed by atoms with van der Waals surface area (Å²) in [6, 6.07) is 26.3. The van der Waals surface area contributed by atoms with E-state index in [-0.39, 0.29) is 5.78 Å². The lowest BCUT2D eigenvalue weighted by Crippen LogP contribution is -1.93. The molecule has 0 radical (unpaired) electrons. The van der Waals surface area contributed by atoms with Crippen molar-refractivity contribution in [2.24, 2.45) is 0 Å². The van der Waals surface area contributed by atoms with Gasteiger partial charge in [0.15, 0.2) is 5.78 Å². The predicted octanol–water partition coefficient (Wildman–Crippen LogP) is 6.36. The van der Waals surface area contributed by atoms with Gasteiger partial charge in [-0.25, -0.2) is 0 Å². The van der Waals surface area contributed by atoms with Gasteiger partial charge in [-0.15, -0.1) is 11.8 Å². The standard InChI is InChI=1S/C23H20OS/c1-2-25-22-15-13-21(14-16-22)23(24)17-10-18-8-11-20(12-9-18)19-6-4-3-5-7-19/h3-17H,2H2,1H3. The number of hydrogen-bond donors (Lipinski definition) is 0. The van der Waals surface area contributed by atoms with Crippen molar-refractivity contribution in [2.45, 2.75) is 11.8 Å². The van der Waals surface area contributed by atoms with E-state index in [1.807, 2.05) is 60.7 Å². The van der Waals surface area contributed by atoms with Crippen LogP contribution in [-0.2, 0) is 0 Å². The fourth-order valence-corrected chi connectivity index (χ4v) is 3.23. The highest BCUT2D eigenvalue weighted by atomic mass is 32.2. The van der Waals surface area contributed by atoms with Gasteiger partial charge in [0.05, 0.1) is 0 Å². The monoisotopic (exact) mass is 344 g/mol. The summed E-state index contributed by atoms with van der Waals surface area (Å²) in [5.74, 6) is 1.06. The highest BCUT2D eigenvalue weighted by Gasteiger charge is 2.02. The van der Waals surface area contributed by atoms with Crippen LogP contribution in [0.3, 0.4) is 0 Å². The van der Waals surface area contributed by atoms with Gasteiger partial charge in [0.25, 0.3) is 0 Å². The Kier molecular flexibility index (Phi) is 5.86. The SMILES string of the molecule is CCSc1ccc(C(=O)C=Cc2ccc(-c3ccccc3)cc2)cc1. The average Bonchev–Trinajstić information content (AvgIpc) is 2.68. The van der Waals surface area contributed by atoms with Gasteiger partial charge >= 0.3 is 0 Å². The second-order valence-corrected chi connectivity index (χ2v) is 6.98. The minimum atomic E-state index is 0.0279. The van der Waals surface area contributed by atoms with Gasteiger partial charge in [0, 0.05) is 10.5 Å². The Labute approximate surface area is 153 Å². The summed E-state index contributed by atoms with van der Waals surface area (Å²) < 4.78 is 0. The lowest BCUT2D eigenvalue weighted by atomic mass is 10.0. The molecule has 0 bridgehead atoms. The summed E-state index contributed by atoms with van der Waals surface area (Å²) in [5.41, 5.74) is 4.11. The molecule has 124 valence electrons. The molecule has 0 spiro atoms. The molecule has 0 fully saturated rings. The van der Waals surface area contributed by atoms with E-state index < -0.39 is 0 Å². The largest absolute Gasteiger partial charge is 0.289 e. The highest BCUT2D eigenvalue weighted by Crippen LogP contribution is 2.20. The molecule has 0 amide bonds. The van der Waals surface area contributed by atoms with Crippen LogP contribution in [-0.4, -0.2) is 11.5 Å². The first-order chi connectivity index (χ1) is 12.3. The maximum absolute atomic E-state index is 12.3. The Bertz CT molecular complexity index is 847. The molecule has 0 aliphatic rings. The number of carbonyl (C=O) groups is 1. The molecule has 3 rings (SSSR count). The Morgan fingerprint density at radius 2 is 1.48 bits per heavy atom.